The standard InChI is InChI=1S/C13H16N2O3/c14-12-8(13(16)17)2-1-3-9(12)15-10-6-7-4-5-11(10)18-7/h1-3,7,10-11,15H,4-6,14H2,(H,16,17). The molecule has 0 spiro atoms. The third kappa shape index (κ3) is 1.80. The van der Waals surface area contributed by atoms with Crippen LogP contribution in [0.2, 0.25) is 0 Å². The van der Waals surface area contributed by atoms with Gasteiger partial charge >= 0.3 is 5.97 Å². The van der Waals surface area contributed by atoms with Gasteiger partial charge in [0.05, 0.1) is 35.2 Å². The van der Waals surface area contributed by atoms with Crippen molar-refractivity contribution in [2.45, 2.75) is 37.5 Å². The van der Waals surface area contributed by atoms with Crippen LogP contribution in [0.4, 0.5) is 11.4 Å². The van der Waals surface area contributed by atoms with Gasteiger partial charge in [0.1, 0.15) is 0 Å². The number of carboxylic acids is 1. The first-order valence-electron chi connectivity index (χ1n) is 6.19. The van der Waals surface area contributed by atoms with Crippen LogP contribution >= 0.6 is 0 Å². The number of hydrogen-bond donors (Lipinski definition) is 3. The topological polar surface area (TPSA) is 84.6 Å². The second kappa shape index (κ2) is 4.17. The predicted octanol–water partition coefficient (Wildman–Crippen LogP) is 1.70. The first kappa shape index (κ1) is 11.3. The molecule has 5 heteroatoms. The number of nitrogens with one attached hydrogen (secondary N) is 1. The van der Waals surface area contributed by atoms with Crippen molar-refractivity contribution in [3.05, 3.63) is 23.8 Å². The van der Waals surface area contributed by atoms with Crippen LogP contribution < -0.4 is 11.1 Å². The second-order valence-corrected chi connectivity index (χ2v) is 4.93. The zero-order valence-corrected chi connectivity index (χ0v) is 9.93. The largest absolute Gasteiger partial charge is 0.478 e. The molecule has 2 heterocycles. The lowest BCUT2D eigenvalue weighted by Gasteiger charge is -2.22. The van der Waals surface area contributed by atoms with E-state index >= 15 is 0 Å². The van der Waals surface area contributed by atoms with Crippen molar-refractivity contribution in [2.75, 3.05) is 11.1 Å². The minimum Gasteiger partial charge on any atom is -0.478 e. The fraction of sp³-hybridized carbons (Fsp3) is 0.462. The number of carbonyl (C=O) groups is 1. The summed E-state index contributed by atoms with van der Waals surface area (Å²) >= 11 is 0. The number of hydrogen-bond acceptors (Lipinski definition) is 4. The number of rotatable bonds is 3. The molecule has 2 saturated heterocycles. The first-order chi connectivity index (χ1) is 8.65. The molecule has 3 unspecified atom stereocenters. The maximum atomic E-state index is 11.0. The molecule has 5 nitrogen and oxygen atoms in total. The molecule has 2 aliphatic heterocycles. The zero-order valence-electron chi connectivity index (χ0n) is 9.93. The molecule has 96 valence electrons. The van der Waals surface area contributed by atoms with Crippen LogP contribution in [-0.2, 0) is 4.74 Å². The Kier molecular flexibility index (Phi) is 2.63. The molecule has 4 N–H and O–H groups in total. The van der Waals surface area contributed by atoms with Crippen molar-refractivity contribution in [1.29, 1.82) is 0 Å². The highest BCUT2D eigenvalue weighted by atomic mass is 16.5. The van der Waals surface area contributed by atoms with Gasteiger partial charge in [0, 0.05) is 0 Å². The molecule has 2 fully saturated rings. The van der Waals surface area contributed by atoms with E-state index in [2.05, 4.69) is 5.32 Å². The summed E-state index contributed by atoms with van der Waals surface area (Å²) < 4.78 is 5.75. The molecule has 0 aliphatic carbocycles. The molecule has 0 amide bonds. The molecule has 1 aromatic rings. The molecule has 18 heavy (non-hydrogen) atoms. The number of fused-ring (bicyclic) bond motifs is 2. The number of nitrogens with two attached hydrogens (primary N) is 1. The highest BCUT2D eigenvalue weighted by Gasteiger charge is 2.40. The van der Waals surface area contributed by atoms with Gasteiger partial charge in [-0.05, 0) is 31.4 Å². The van der Waals surface area contributed by atoms with Crippen LogP contribution in [0, 0.1) is 0 Å². The zero-order chi connectivity index (χ0) is 12.7. The van der Waals surface area contributed by atoms with Crippen LogP contribution in [0.5, 0.6) is 0 Å². The quantitative estimate of drug-likeness (QED) is 0.709. The van der Waals surface area contributed by atoms with Gasteiger partial charge in [-0.1, -0.05) is 6.07 Å². The van der Waals surface area contributed by atoms with E-state index in [-0.39, 0.29) is 17.7 Å². The minimum absolute atomic E-state index is 0.143. The van der Waals surface area contributed by atoms with Crippen LogP contribution in [0.25, 0.3) is 0 Å². The minimum atomic E-state index is -1.000. The number of ether oxygens (including phenoxy) is 1. The summed E-state index contributed by atoms with van der Waals surface area (Å²) in [6.07, 6.45) is 3.77. The van der Waals surface area contributed by atoms with E-state index in [4.69, 9.17) is 15.6 Å². The number of para-hydroxylation sites is 1. The Morgan fingerprint density at radius 3 is 2.89 bits per heavy atom. The number of aromatic carboxylic acids is 1. The maximum absolute atomic E-state index is 11.0. The number of carboxylic acid groups (broad SMARTS) is 1. The van der Waals surface area contributed by atoms with Crippen molar-refractivity contribution in [3.63, 3.8) is 0 Å². The van der Waals surface area contributed by atoms with Crippen molar-refractivity contribution >= 4 is 17.3 Å². The van der Waals surface area contributed by atoms with Gasteiger partial charge in [-0.25, -0.2) is 4.79 Å². The van der Waals surface area contributed by atoms with Crippen molar-refractivity contribution in [3.8, 4) is 0 Å². The molecule has 0 saturated carbocycles. The van der Waals surface area contributed by atoms with Crippen LogP contribution in [0.15, 0.2) is 18.2 Å². The van der Waals surface area contributed by atoms with E-state index in [0.29, 0.717) is 17.5 Å². The van der Waals surface area contributed by atoms with Gasteiger partial charge in [-0.15, -0.1) is 0 Å². The van der Waals surface area contributed by atoms with E-state index in [9.17, 15) is 4.79 Å². The number of benzene rings is 1. The molecule has 1 aromatic carbocycles. The van der Waals surface area contributed by atoms with E-state index in [1.165, 1.54) is 6.07 Å². The van der Waals surface area contributed by atoms with Gasteiger partial charge < -0.3 is 20.9 Å². The lowest BCUT2D eigenvalue weighted by molar-refractivity contribution is 0.0698. The van der Waals surface area contributed by atoms with Crippen LogP contribution in [0.3, 0.4) is 0 Å². The fourth-order valence-corrected chi connectivity index (χ4v) is 2.87. The Hall–Kier alpha value is -1.75. The van der Waals surface area contributed by atoms with E-state index in [1.807, 2.05) is 6.07 Å². The van der Waals surface area contributed by atoms with Crippen molar-refractivity contribution < 1.29 is 14.6 Å². The maximum Gasteiger partial charge on any atom is 0.337 e. The third-order valence-corrected chi connectivity index (χ3v) is 3.78. The first-order valence-corrected chi connectivity index (χ1v) is 6.19. The highest BCUT2D eigenvalue weighted by Crippen LogP contribution is 2.37. The van der Waals surface area contributed by atoms with E-state index in [1.54, 1.807) is 6.07 Å². The normalized spacial score (nSPS) is 29.4. The second-order valence-electron chi connectivity index (χ2n) is 4.93. The Labute approximate surface area is 105 Å². The molecular formula is C13H16N2O3. The van der Waals surface area contributed by atoms with Gasteiger partial charge in [0.25, 0.3) is 0 Å². The van der Waals surface area contributed by atoms with Crippen LogP contribution in [-0.4, -0.2) is 29.3 Å². The summed E-state index contributed by atoms with van der Waals surface area (Å²) in [5.41, 5.74) is 7.01. The summed E-state index contributed by atoms with van der Waals surface area (Å²) in [4.78, 5) is 11.0. The molecule has 3 atom stereocenters. The number of nitrogen functional groups attached to an aromatic ring is 1. The molecule has 2 aliphatic rings. The van der Waals surface area contributed by atoms with Crippen LogP contribution in [0.1, 0.15) is 29.6 Å². The van der Waals surface area contributed by atoms with Gasteiger partial charge in [0.2, 0.25) is 0 Å². The Balaban J connectivity index is 1.81. The van der Waals surface area contributed by atoms with Crippen molar-refractivity contribution in [2.24, 2.45) is 0 Å². The third-order valence-electron chi connectivity index (χ3n) is 3.78. The van der Waals surface area contributed by atoms with E-state index < -0.39 is 5.97 Å². The summed E-state index contributed by atoms with van der Waals surface area (Å²) in [5, 5.41) is 12.3. The smallest absolute Gasteiger partial charge is 0.337 e. The average Bonchev–Trinajstić information content (AvgIpc) is 2.93. The molecule has 0 radical (unpaired) electrons. The Morgan fingerprint density at radius 1 is 1.44 bits per heavy atom. The lowest BCUT2D eigenvalue weighted by atomic mass is 9.95. The molecular weight excluding hydrogens is 232 g/mol. The molecule has 0 aromatic heterocycles. The summed E-state index contributed by atoms with van der Waals surface area (Å²) in [6.45, 7) is 0. The summed E-state index contributed by atoms with van der Waals surface area (Å²) in [6, 6.07) is 5.28. The fourth-order valence-electron chi connectivity index (χ4n) is 2.87. The lowest BCUT2D eigenvalue weighted by Crippen LogP contribution is -2.30. The molecule has 3 rings (SSSR count). The average molecular weight is 248 g/mol. The summed E-state index contributed by atoms with van der Waals surface area (Å²) in [7, 11) is 0. The predicted molar refractivity (Wildman–Crippen MR) is 67.7 cm³/mol. The monoisotopic (exact) mass is 248 g/mol. The van der Waals surface area contributed by atoms with Gasteiger partial charge in [0.15, 0.2) is 0 Å². The van der Waals surface area contributed by atoms with Crippen molar-refractivity contribution in [1.82, 2.24) is 0 Å². The Bertz CT molecular complexity index is 489. The van der Waals surface area contributed by atoms with E-state index in [0.717, 1.165) is 19.3 Å². The SMILES string of the molecule is Nc1c(NC2CC3CCC2O3)cccc1C(=O)O. The Morgan fingerprint density at radius 2 is 2.28 bits per heavy atom. The highest BCUT2D eigenvalue weighted by molar-refractivity contribution is 5.97. The number of anilines is 2. The summed E-state index contributed by atoms with van der Waals surface area (Å²) in [5.74, 6) is -1.000. The molecule has 2 bridgehead atoms. The van der Waals surface area contributed by atoms with Gasteiger partial charge in [-0.3, -0.25) is 0 Å². The van der Waals surface area contributed by atoms with Gasteiger partial charge in [-0.2, -0.15) is 0 Å².